The molecule has 0 aliphatic carbocycles. The summed E-state index contributed by atoms with van der Waals surface area (Å²) in [7, 11) is 0.816. The van der Waals surface area contributed by atoms with Crippen LogP contribution in [-0.2, 0) is 13.2 Å². The monoisotopic (exact) mass is 462 g/mol. The van der Waals surface area contributed by atoms with Crippen molar-refractivity contribution in [2.75, 3.05) is 18.4 Å². The average molecular weight is 463 g/mol. The van der Waals surface area contributed by atoms with E-state index in [4.69, 9.17) is 11.6 Å². The lowest BCUT2D eigenvalue weighted by Gasteiger charge is -2.21. The van der Waals surface area contributed by atoms with Gasteiger partial charge in [-0.3, -0.25) is 9.36 Å². The zero-order valence-electron chi connectivity index (χ0n) is 16.4. The van der Waals surface area contributed by atoms with Crippen molar-refractivity contribution in [2.24, 2.45) is 7.05 Å². The van der Waals surface area contributed by atoms with Gasteiger partial charge in [-0.2, -0.15) is 13.2 Å². The number of urea groups is 1. The molecule has 1 aliphatic heterocycles. The predicted molar refractivity (Wildman–Crippen MR) is 106 cm³/mol. The molecule has 1 N–H and O–H groups in total. The zero-order chi connectivity index (χ0) is 22.9. The zero-order valence-corrected chi connectivity index (χ0v) is 17.2. The maximum absolute atomic E-state index is 14.6. The molecule has 0 atom stereocenters. The Hall–Kier alpha value is -2.82. The summed E-state index contributed by atoms with van der Waals surface area (Å²) >= 11 is 6.01. The number of halogens is 5. The van der Waals surface area contributed by atoms with Crippen LogP contribution in [0, 0.1) is 5.82 Å². The normalized spacial score (nSPS) is 15.0. The molecular formula is C19H19ClF4N4O3. The highest BCUT2D eigenvalue weighted by Crippen LogP contribution is 2.29. The second-order valence-corrected chi connectivity index (χ2v) is 7.56. The molecule has 0 bridgehead atoms. The van der Waals surface area contributed by atoms with Crippen LogP contribution < -0.4 is 16.6 Å². The number of carbonyl (C=O) groups is 1. The largest absolute Gasteiger partial charge is 0.431 e. The smallest absolute Gasteiger partial charge is 0.325 e. The maximum atomic E-state index is 14.6. The van der Waals surface area contributed by atoms with E-state index in [-0.39, 0.29) is 25.9 Å². The van der Waals surface area contributed by atoms with Gasteiger partial charge in [0.15, 0.2) is 0 Å². The molecule has 0 radical (unpaired) electrons. The Morgan fingerprint density at radius 1 is 1.06 bits per heavy atom. The van der Waals surface area contributed by atoms with Crippen molar-refractivity contribution in [2.45, 2.75) is 31.9 Å². The molecule has 7 nitrogen and oxygen atoms in total. The van der Waals surface area contributed by atoms with Crippen LogP contribution in [0.15, 0.2) is 27.8 Å². The highest BCUT2D eigenvalue weighted by Gasteiger charge is 2.35. The Kier molecular flexibility index (Phi) is 6.44. The summed E-state index contributed by atoms with van der Waals surface area (Å²) in [6, 6.07) is 1.43. The number of carbonyl (C=O) groups excluding carboxylic acids is 1. The fourth-order valence-corrected chi connectivity index (χ4v) is 3.59. The van der Waals surface area contributed by atoms with Crippen molar-refractivity contribution in [1.29, 1.82) is 0 Å². The van der Waals surface area contributed by atoms with Crippen molar-refractivity contribution in [3.05, 3.63) is 55.6 Å². The molecule has 1 fully saturated rings. The minimum absolute atomic E-state index is 0.0823. The highest BCUT2D eigenvalue weighted by molar-refractivity contribution is 6.33. The van der Waals surface area contributed by atoms with Gasteiger partial charge in [-0.1, -0.05) is 24.4 Å². The summed E-state index contributed by atoms with van der Waals surface area (Å²) < 4.78 is 54.1. The van der Waals surface area contributed by atoms with Crippen LogP contribution in [0.1, 0.15) is 31.4 Å². The summed E-state index contributed by atoms with van der Waals surface area (Å²) in [6.45, 7) is 1.05. The standard InChI is InChI=1S/C19H19ClF4N4O3/c1-26-15(19(22,23)24)10-16(29)28(18(26)31)14-9-13(11(20)8-12(14)21)25-17(30)27-6-4-2-3-5-7-27/h8-10H,2-7H2,1H3,(H,25,30). The van der Waals surface area contributed by atoms with Crippen LogP contribution in [-0.4, -0.2) is 33.2 Å². The van der Waals surface area contributed by atoms with Gasteiger partial charge in [0.2, 0.25) is 0 Å². The lowest BCUT2D eigenvalue weighted by Crippen LogP contribution is -2.41. The van der Waals surface area contributed by atoms with E-state index < -0.39 is 40.7 Å². The van der Waals surface area contributed by atoms with Gasteiger partial charge in [0.05, 0.1) is 16.4 Å². The summed E-state index contributed by atoms with van der Waals surface area (Å²) in [4.78, 5) is 38.8. The van der Waals surface area contributed by atoms with Crippen molar-refractivity contribution in [3.8, 4) is 5.69 Å². The summed E-state index contributed by atoms with van der Waals surface area (Å²) in [6.07, 6.45) is -1.31. The molecule has 0 saturated carbocycles. The van der Waals surface area contributed by atoms with Crippen LogP contribution in [0.4, 0.5) is 28.0 Å². The number of hydrogen-bond donors (Lipinski definition) is 1. The number of aromatic nitrogens is 2. The summed E-state index contributed by atoms with van der Waals surface area (Å²) in [5.74, 6) is -1.11. The van der Waals surface area contributed by atoms with E-state index in [1.807, 2.05) is 0 Å². The lowest BCUT2D eigenvalue weighted by molar-refractivity contribution is -0.144. The topological polar surface area (TPSA) is 76.3 Å². The molecule has 31 heavy (non-hydrogen) atoms. The number of likely N-dealkylation sites (tertiary alicyclic amines) is 1. The first-order valence-corrected chi connectivity index (χ1v) is 9.84. The SMILES string of the molecule is Cn1c(C(F)(F)F)cc(=O)n(-c2cc(NC(=O)N3CCCCCC3)c(Cl)cc2F)c1=O. The van der Waals surface area contributed by atoms with E-state index in [1.54, 1.807) is 4.90 Å². The highest BCUT2D eigenvalue weighted by atomic mass is 35.5. The molecule has 2 amide bonds. The van der Waals surface area contributed by atoms with Gasteiger partial charge in [0.25, 0.3) is 5.56 Å². The number of alkyl halides is 3. The molecule has 2 aromatic rings. The minimum atomic E-state index is -4.95. The Labute approximate surface area is 178 Å². The van der Waals surface area contributed by atoms with Crippen LogP contribution >= 0.6 is 11.6 Å². The number of anilines is 1. The number of hydrogen-bond acceptors (Lipinski definition) is 3. The third kappa shape index (κ3) is 4.76. The van der Waals surface area contributed by atoms with Gasteiger partial charge >= 0.3 is 17.9 Å². The van der Waals surface area contributed by atoms with Gasteiger partial charge in [0.1, 0.15) is 11.5 Å². The third-order valence-electron chi connectivity index (χ3n) is 5.02. The van der Waals surface area contributed by atoms with Crippen LogP contribution in [0.5, 0.6) is 0 Å². The number of amides is 2. The Bertz CT molecular complexity index is 1120. The van der Waals surface area contributed by atoms with Gasteiger partial charge < -0.3 is 10.2 Å². The quantitative estimate of drug-likeness (QED) is 0.690. The Morgan fingerprint density at radius 2 is 1.68 bits per heavy atom. The van der Waals surface area contributed by atoms with E-state index in [1.165, 1.54) is 0 Å². The van der Waals surface area contributed by atoms with Crippen molar-refractivity contribution in [3.63, 3.8) is 0 Å². The predicted octanol–water partition coefficient (Wildman–Crippen LogP) is 3.76. The Balaban J connectivity index is 2.04. The second kappa shape index (κ2) is 8.74. The first kappa shape index (κ1) is 22.9. The fraction of sp³-hybridized carbons (Fsp3) is 0.421. The average Bonchev–Trinajstić information content (AvgIpc) is 2.96. The van der Waals surface area contributed by atoms with E-state index >= 15 is 0 Å². The molecule has 1 aliphatic rings. The Morgan fingerprint density at radius 3 is 2.26 bits per heavy atom. The molecule has 1 saturated heterocycles. The van der Waals surface area contributed by atoms with Gasteiger partial charge in [-0.25, -0.2) is 18.5 Å². The fourth-order valence-electron chi connectivity index (χ4n) is 3.39. The van der Waals surface area contributed by atoms with Gasteiger partial charge in [-0.15, -0.1) is 0 Å². The van der Waals surface area contributed by atoms with Crippen LogP contribution in [0.2, 0.25) is 5.02 Å². The van der Waals surface area contributed by atoms with Crippen molar-refractivity contribution < 1.29 is 22.4 Å². The number of nitrogens with one attached hydrogen (secondary N) is 1. The van der Waals surface area contributed by atoms with Gasteiger partial charge in [-0.05, 0) is 25.0 Å². The molecule has 0 spiro atoms. The molecule has 1 aromatic heterocycles. The van der Waals surface area contributed by atoms with Gasteiger partial charge in [0, 0.05) is 26.2 Å². The maximum Gasteiger partial charge on any atom is 0.431 e. The van der Waals surface area contributed by atoms with Crippen LogP contribution in [0.3, 0.4) is 0 Å². The summed E-state index contributed by atoms with van der Waals surface area (Å²) in [5, 5.41) is 2.33. The first-order valence-electron chi connectivity index (χ1n) is 9.46. The number of rotatable bonds is 2. The molecule has 3 rings (SSSR count). The molecular weight excluding hydrogens is 444 g/mol. The van der Waals surface area contributed by atoms with Crippen LogP contribution in [0.25, 0.3) is 5.69 Å². The molecule has 1 aromatic carbocycles. The summed E-state index contributed by atoms with van der Waals surface area (Å²) in [5.41, 5.74) is -4.95. The third-order valence-corrected chi connectivity index (χ3v) is 5.34. The molecule has 0 unspecified atom stereocenters. The lowest BCUT2D eigenvalue weighted by atomic mass is 10.2. The van der Waals surface area contributed by atoms with E-state index in [2.05, 4.69) is 5.32 Å². The number of benzene rings is 1. The second-order valence-electron chi connectivity index (χ2n) is 7.16. The van der Waals surface area contributed by atoms with E-state index in [0.29, 0.717) is 13.1 Å². The molecule has 168 valence electrons. The molecule has 12 heteroatoms. The minimum Gasteiger partial charge on any atom is -0.325 e. The van der Waals surface area contributed by atoms with Crippen molar-refractivity contribution in [1.82, 2.24) is 14.0 Å². The molecule has 2 heterocycles. The van der Waals surface area contributed by atoms with E-state index in [0.717, 1.165) is 44.9 Å². The van der Waals surface area contributed by atoms with E-state index in [9.17, 15) is 31.9 Å². The number of nitrogens with zero attached hydrogens (tertiary/aromatic N) is 3. The van der Waals surface area contributed by atoms with Crippen molar-refractivity contribution >= 4 is 23.3 Å². The first-order chi connectivity index (χ1) is 14.5.